The molecule has 184 valence electrons. The number of halogens is 3. The molecule has 1 N–H and O–H groups in total. The molecule has 0 spiro atoms. The van der Waals surface area contributed by atoms with Crippen molar-refractivity contribution in [1.29, 1.82) is 0 Å². The van der Waals surface area contributed by atoms with Gasteiger partial charge >= 0.3 is 0 Å². The summed E-state index contributed by atoms with van der Waals surface area (Å²) < 4.78 is 45.4. The van der Waals surface area contributed by atoms with E-state index in [9.17, 15) is 12.8 Å². The fourth-order valence-electron chi connectivity index (χ4n) is 3.15. The number of nitrogens with one attached hydrogen (secondary N) is 1. The van der Waals surface area contributed by atoms with Crippen LogP contribution in [-0.4, -0.2) is 37.6 Å². The zero-order valence-corrected chi connectivity index (χ0v) is 22.7. The van der Waals surface area contributed by atoms with Crippen molar-refractivity contribution in [2.24, 2.45) is 0 Å². The minimum Gasteiger partial charge on any atom is -0.361 e. The molecule has 3 aromatic rings. The Balaban J connectivity index is 2.03. The minimum absolute atomic E-state index is 0.0772. The topological polar surface area (TPSA) is 86.1 Å². The fourth-order valence-corrected chi connectivity index (χ4v) is 4.79. The monoisotopic (exact) mass is 544 g/mol. The van der Waals surface area contributed by atoms with Crippen molar-refractivity contribution in [3.05, 3.63) is 70.5 Å². The molecule has 0 aliphatic heterocycles. The molecule has 0 bridgehead atoms. The van der Waals surface area contributed by atoms with E-state index in [1.807, 2.05) is 6.07 Å². The summed E-state index contributed by atoms with van der Waals surface area (Å²) in [7, 11) is 0.202. The third kappa shape index (κ3) is 7.26. The molecule has 2 aromatic heterocycles. The highest BCUT2D eigenvalue weighted by atomic mass is 35.7. The second-order valence-corrected chi connectivity index (χ2v) is 17.7. The number of hydrogen-bond acceptors (Lipinski definition) is 6. The van der Waals surface area contributed by atoms with Crippen molar-refractivity contribution in [2.75, 3.05) is 11.9 Å². The number of rotatable bonds is 10. The number of aryl methyl sites for hydroxylation is 1. The average molecular weight is 546 g/mol. The summed E-state index contributed by atoms with van der Waals surface area (Å²) in [5.41, 5.74) is 0.917. The van der Waals surface area contributed by atoms with Gasteiger partial charge < -0.3 is 14.6 Å². The summed E-state index contributed by atoms with van der Waals surface area (Å²) in [5.74, 6) is 0.282. The lowest BCUT2D eigenvalue weighted by Crippen LogP contribution is -2.23. The van der Waals surface area contributed by atoms with E-state index in [1.54, 1.807) is 29.7 Å². The van der Waals surface area contributed by atoms with Gasteiger partial charge in [-0.05, 0) is 42.8 Å². The van der Waals surface area contributed by atoms with E-state index in [4.69, 9.17) is 27.0 Å². The number of hydrogen-bond donors (Lipinski definition) is 1. The zero-order valence-electron chi connectivity index (χ0n) is 19.3. The van der Waals surface area contributed by atoms with Crippen LogP contribution in [0.15, 0.2) is 47.6 Å². The highest BCUT2D eigenvalue weighted by Gasteiger charge is 2.26. The van der Waals surface area contributed by atoms with Crippen molar-refractivity contribution >= 4 is 45.2 Å². The molecule has 0 saturated carbocycles. The van der Waals surface area contributed by atoms with Gasteiger partial charge in [0.1, 0.15) is 30.2 Å². The van der Waals surface area contributed by atoms with Gasteiger partial charge in [0, 0.05) is 36.6 Å². The highest BCUT2D eigenvalue weighted by Crippen LogP contribution is 2.29. The standard InChI is InChI=1S/C22H27Cl2FN4O3SSi/c1-15-18(25)8-9-19(26-15)27-21(16-6-5-7-17(23)12-16)22-28-20(33(24,30)31)13-29(22)14-32-10-11-34(2,3)4/h5-9,12-13,21H,10-11,14H2,1-4H3,(H,26,27). The Bertz CT molecular complexity index is 1270. The van der Waals surface area contributed by atoms with E-state index in [-0.39, 0.29) is 17.5 Å². The second kappa shape index (κ2) is 10.7. The predicted octanol–water partition coefficient (Wildman–Crippen LogP) is 5.82. The molecule has 0 aliphatic carbocycles. The third-order valence-electron chi connectivity index (χ3n) is 5.02. The van der Waals surface area contributed by atoms with E-state index in [2.05, 4.69) is 34.9 Å². The molecule has 3 rings (SSSR count). The summed E-state index contributed by atoms with van der Waals surface area (Å²) in [6.45, 7) is 8.90. The molecule has 1 unspecified atom stereocenters. The van der Waals surface area contributed by atoms with E-state index in [0.29, 0.717) is 28.8 Å². The van der Waals surface area contributed by atoms with Crippen molar-refractivity contribution < 1.29 is 17.5 Å². The van der Waals surface area contributed by atoms with Gasteiger partial charge in [-0.3, -0.25) is 0 Å². The number of nitrogens with zero attached hydrogens (tertiary/aromatic N) is 3. The first-order valence-corrected chi connectivity index (χ1v) is 17.0. The molecule has 2 heterocycles. The molecule has 0 radical (unpaired) electrons. The van der Waals surface area contributed by atoms with Crippen LogP contribution >= 0.6 is 22.3 Å². The minimum atomic E-state index is -4.09. The normalized spacial score (nSPS) is 13.1. The molecule has 0 saturated heterocycles. The van der Waals surface area contributed by atoms with Crippen LogP contribution in [0.3, 0.4) is 0 Å². The Morgan fingerprint density at radius 2 is 1.94 bits per heavy atom. The van der Waals surface area contributed by atoms with Gasteiger partial charge in [0.2, 0.25) is 0 Å². The van der Waals surface area contributed by atoms with Crippen LogP contribution in [0.2, 0.25) is 30.7 Å². The average Bonchev–Trinajstić information content (AvgIpc) is 3.16. The molecule has 1 aromatic carbocycles. The van der Waals surface area contributed by atoms with Crippen LogP contribution in [0.25, 0.3) is 0 Å². The molecule has 7 nitrogen and oxygen atoms in total. The Kier molecular flexibility index (Phi) is 8.41. The molecule has 0 aliphatic rings. The maximum atomic E-state index is 13.8. The molecule has 0 fully saturated rings. The van der Waals surface area contributed by atoms with Crippen molar-refractivity contribution in [1.82, 2.24) is 14.5 Å². The van der Waals surface area contributed by atoms with E-state index < -0.39 is 29.0 Å². The Hall–Kier alpha value is -1.98. The predicted molar refractivity (Wildman–Crippen MR) is 135 cm³/mol. The molecule has 1 atom stereocenters. The third-order valence-corrected chi connectivity index (χ3v) is 8.13. The van der Waals surface area contributed by atoms with Gasteiger partial charge in [-0.15, -0.1) is 0 Å². The lowest BCUT2D eigenvalue weighted by atomic mass is 10.1. The van der Waals surface area contributed by atoms with Crippen LogP contribution in [0.1, 0.15) is 23.1 Å². The van der Waals surface area contributed by atoms with Crippen LogP contribution in [0.4, 0.5) is 10.2 Å². The first-order chi connectivity index (χ1) is 15.8. The van der Waals surface area contributed by atoms with Gasteiger partial charge in [-0.25, -0.2) is 22.8 Å². The van der Waals surface area contributed by atoms with E-state index in [0.717, 1.165) is 6.04 Å². The number of ether oxygens (including phenoxy) is 1. The summed E-state index contributed by atoms with van der Waals surface area (Å²) in [5, 5.41) is 3.41. The smallest absolute Gasteiger partial charge is 0.280 e. The fraction of sp³-hybridized carbons (Fsp3) is 0.364. The molecular formula is C22H27Cl2FN4O3SSi. The van der Waals surface area contributed by atoms with Crippen molar-refractivity contribution in [3.63, 3.8) is 0 Å². The van der Waals surface area contributed by atoms with Gasteiger partial charge in [0.05, 0.1) is 5.69 Å². The summed E-state index contributed by atoms with van der Waals surface area (Å²) >= 11 is 6.23. The number of imidazole rings is 1. The van der Waals surface area contributed by atoms with E-state index in [1.165, 1.54) is 18.3 Å². The first-order valence-electron chi connectivity index (χ1n) is 10.6. The van der Waals surface area contributed by atoms with Crippen LogP contribution < -0.4 is 5.32 Å². The van der Waals surface area contributed by atoms with Crippen molar-refractivity contribution in [2.45, 2.75) is 50.4 Å². The zero-order chi connectivity index (χ0) is 25.1. The largest absolute Gasteiger partial charge is 0.361 e. The maximum Gasteiger partial charge on any atom is 0.280 e. The number of aromatic nitrogens is 3. The summed E-state index contributed by atoms with van der Waals surface area (Å²) in [4.78, 5) is 8.56. The number of anilines is 1. The highest BCUT2D eigenvalue weighted by molar-refractivity contribution is 8.13. The van der Waals surface area contributed by atoms with E-state index >= 15 is 0 Å². The lowest BCUT2D eigenvalue weighted by molar-refractivity contribution is 0.0847. The summed E-state index contributed by atoms with van der Waals surface area (Å²) in [6, 6.07) is 10.1. The van der Waals surface area contributed by atoms with Crippen molar-refractivity contribution in [3.8, 4) is 0 Å². The van der Waals surface area contributed by atoms with Gasteiger partial charge in [0.15, 0.2) is 5.03 Å². The Labute approximate surface area is 209 Å². The van der Waals surface area contributed by atoms with Crippen LogP contribution in [0, 0.1) is 12.7 Å². The van der Waals surface area contributed by atoms with Gasteiger partial charge in [-0.2, -0.15) is 0 Å². The van der Waals surface area contributed by atoms with Gasteiger partial charge in [0.25, 0.3) is 9.05 Å². The first kappa shape index (κ1) is 26.6. The molecule has 0 amide bonds. The van der Waals surface area contributed by atoms with Crippen LogP contribution in [-0.2, 0) is 20.5 Å². The number of benzene rings is 1. The quantitative estimate of drug-likeness (QED) is 0.196. The number of pyridine rings is 1. The van der Waals surface area contributed by atoms with Crippen LogP contribution in [0.5, 0.6) is 0 Å². The Morgan fingerprint density at radius 3 is 2.56 bits per heavy atom. The second-order valence-electron chi connectivity index (χ2n) is 9.09. The molecule has 12 heteroatoms. The lowest BCUT2D eigenvalue weighted by Gasteiger charge is -2.22. The van der Waals surface area contributed by atoms with Gasteiger partial charge in [-0.1, -0.05) is 43.4 Å². The molecule has 34 heavy (non-hydrogen) atoms. The summed E-state index contributed by atoms with van der Waals surface area (Å²) in [6.07, 6.45) is 1.34. The SMILES string of the molecule is Cc1nc(NC(c2cccc(Cl)c2)c2nc(S(=O)(=O)Cl)cn2COCC[Si](C)(C)C)ccc1F. The maximum absolute atomic E-state index is 13.8. The Morgan fingerprint density at radius 1 is 1.21 bits per heavy atom. The molecular weight excluding hydrogens is 518 g/mol.